The number of carbonyl (C=O) groups is 2. The number of ketones is 1. The zero-order valence-electron chi connectivity index (χ0n) is 19.6. The van der Waals surface area contributed by atoms with Crippen LogP contribution in [0.1, 0.15) is 49.8 Å². The molecule has 1 N–H and O–H groups in total. The van der Waals surface area contributed by atoms with Crippen molar-refractivity contribution < 1.29 is 24.2 Å². The number of rotatable bonds is 5. The van der Waals surface area contributed by atoms with E-state index < -0.39 is 17.7 Å². The summed E-state index contributed by atoms with van der Waals surface area (Å²) >= 11 is 0. The average molecular weight is 463 g/mol. The molecule has 1 unspecified atom stereocenters. The first-order chi connectivity index (χ1) is 16.5. The Balaban J connectivity index is 1.65. The lowest BCUT2D eigenvalue weighted by molar-refractivity contribution is -0.141. The van der Waals surface area contributed by atoms with Crippen LogP contribution in [0, 0.1) is 0 Å². The maximum Gasteiger partial charge on any atom is 0.295 e. The molecule has 0 radical (unpaired) electrons. The molecule has 5 rings (SSSR count). The third kappa shape index (κ3) is 3.79. The van der Waals surface area contributed by atoms with Gasteiger partial charge in [0.1, 0.15) is 23.9 Å². The van der Waals surface area contributed by atoms with Crippen LogP contribution in [0.5, 0.6) is 11.5 Å². The van der Waals surface area contributed by atoms with Crippen LogP contribution >= 0.6 is 0 Å². The molecule has 2 heterocycles. The van der Waals surface area contributed by atoms with Crippen molar-refractivity contribution in [1.29, 1.82) is 0 Å². The first-order valence-electron chi connectivity index (χ1n) is 12.0. The number of fused-ring (bicyclic) bond motifs is 1. The molecule has 2 aromatic carbocycles. The molecule has 0 aromatic heterocycles. The van der Waals surface area contributed by atoms with Gasteiger partial charge in [0.2, 0.25) is 0 Å². The predicted octanol–water partition coefficient (Wildman–Crippen LogP) is 4.28. The van der Waals surface area contributed by atoms with E-state index in [0.717, 1.165) is 49.2 Å². The number of aliphatic hydroxyl groups is 1. The van der Waals surface area contributed by atoms with E-state index in [4.69, 9.17) is 9.47 Å². The lowest BCUT2D eigenvalue weighted by atomic mass is 9.94. The van der Waals surface area contributed by atoms with Gasteiger partial charge in [-0.15, -0.1) is 0 Å². The van der Waals surface area contributed by atoms with Crippen LogP contribution in [0.3, 0.4) is 0 Å². The van der Waals surface area contributed by atoms with E-state index >= 15 is 0 Å². The minimum absolute atomic E-state index is 0.0226. The maximum absolute atomic E-state index is 13.4. The number of benzene rings is 2. The molecular weight excluding hydrogens is 432 g/mol. The fourth-order valence-corrected chi connectivity index (χ4v) is 5.33. The largest absolute Gasteiger partial charge is 0.507 e. The third-order valence-electron chi connectivity index (χ3n) is 7.01. The van der Waals surface area contributed by atoms with E-state index in [1.54, 1.807) is 17.0 Å². The number of carbonyl (C=O) groups excluding carboxylic acids is 2. The standard InChI is InChI=1S/C27H30N2O5/c1-3-33-20-10-6-7-17(15-20)24-23(26(31)27(32)29(24)19-8-4-5-9-19)25(30)18-11-12-22-21(16-18)28(2)13-14-34-22/h6-7,10-12,15-16,19,24,30H,3-5,8-9,13-14H2,1-2H3/b25-23-. The SMILES string of the molecule is CCOc1cccc(C2/C(=C(/O)c3ccc4c(c3)N(C)CCO4)C(=O)C(=O)N2C2CCCC2)c1. The summed E-state index contributed by atoms with van der Waals surface area (Å²) in [6, 6.07) is 12.2. The molecule has 2 aromatic rings. The number of anilines is 1. The van der Waals surface area contributed by atoms with Gasteiger partial charge < -0.3 is 24.4 Å². The van der Waals surface area contributed by atoms with Crippen molar-refractivity contribution in [2.24, 2.45) is 0 Å². The van der Waals surface area contributed by atoms with Gasteiger partial charge in [0.25, 0.3) is 11.7 Å². The molecule has 2 aliphatic heterocycles. The van der Waals surface area contributed by atoms with Crippen molar-refractivity contribution in [2.45, 2.75) is 44.7 Å². The Bertz CT molecular complexity index is 1150. The molecule has 1 amide bonds. The number of hydrogen-bond donors (Lipinski definition) is 1. The molecule has 7 nitrogen and oxygen atoms in total. The Morgan fingerprint density at radius 2 is 1.94 bits per heavy atom. The van der Waals surface area contributed by atoms with Crippen molar-refractivity contribution in [2.75, 3.05) is 31.7 Å². The normalized spacial score (nSPS) is 22.1. The Morgan fingerprint density at radius 1 is 1.15 bits per heavy atom. The number of likely N-dealkylation sites (N-methyl/N-ethyl adjacent to an activating group) is 1. The molecule has 1 saturated carbocycles. The Morgan fingerprint density at radius 3 is 2.71 bits per heavy atom. The zero-order valence-corrected chi connectivity index (χ0v) is 19.6. The van der Waals surface area contributed by atoms with Gasteiger partial charge in [0.15, 0.2) is 0 Å². The molecule has 34 heavy (non-hydrogen) atoms. The summed E-state index contributed by atoms with van der Waals surface area (Å²) in [6.45, 7) is 3.75. The van der Waals surface area contributed by atoms with Gasteiger partial charge in [-0.05, 0) is 55.7 Å². The number of ether oxygens (including phenoxy) is 2. The number of aliphatic hydroxyl groups excluding tert-OH is 1. The number of Topliss-reactive ketones (excluding diaryl/α,β-unsaturated/α-hetero) is 1. The summed E-state index contributed by atoms with van der Waals surface area (Å²) in [5.41, 5.74) is 2.23. The Hall–Kier alpha value is -3.48. The molecule has 3 aliphatic rings. The number of amides is 1. The van der Waals surface area contributed by atoms with Crippen LogP contribution in [0.15, 0.2) is 48.0 Å². The molecule has 0 spiro atoms. The number of hydrogen-bond acceptors (Lipinski definition) is 6. The molecule has 178 valence electrons. The van der Waals surface area contributed by atoms with E-state index in [1.807, 2.05) is 44.3 Å². The highest BCUT2D eigenvalue weighted by molar-refractivity contribution is 6.46. The molecule has 1 aliphatic carbocycles. The predicted molar refractivity (Wildman–Crippen MR) is 129 cm³/mol. The highest BCUT2D eigenvalue weighted by Gasteiger charge is 2.49. The third-order valence-corrected chi connectivity index (χ3v) is 7.01. The van der Waals surface area contributed by atoms with Gasteiger partial charge in [0.05, 0.1) is 30.5 Å². The van der Waals surface area contributed by atoms with Gasteiger partial charge in [-0.25, -0.2) is 0 Å². The smallest absolute Gasteiger partial charge is 0.295 e. The second kappa shape index (κ2) is 9.05. The minimum atomic E-state index is -0.659. The van der Waals surface area contributed by atoms with Crippen molar-refractivity contribution in [1.82, 2.24) is 4.90 Å². The highest BCUT2D eigenvalue weighted by Crippen LogP contribution is 2.44. The lowest BCUT2D eigenvalue weighted by Gasteiger charge is -2.31. The second-order valence-electron chi connectivity index (χ2n) is 9.10. The van der Waals surface area contributed by atoms with Crippen LogP contribution in [-0.2, 0) is 9.59 Å². The molecule has 1 saturated heterocycles. The number of likely N-dealkylation sites (tertiary alicyclic amines) is 1. The van der Waals surface area contributed by atoms with Crippen LogP contribution in [0.2, 0.25) is 0 Å². The summed E-state index contributed by atoms with van der Waals surface area (Å²) in [7, 11) is 1.96. The van der Waals surface area contributed by atoms with E-state index in [1.165, 1.54) is 0 Å². The van der Waals surface area contributed by atoms with Crippen LogP contribution in [-0.4, -0.2) is 54.5 Å². The van der Waals surface area contributed by atoms with Crippen molar-refractivity contribution in [3.8, 4) is 11.5 Å². The maximum atomic E-state index is 13.4. The minimum Gasteiger partial charge on any atom is -0.507 e. The first kappa shape index (κ1) is 22.3. The zero-order chi connectivity index (χ0) is 23.8. The molecular formula is C27H30N2O5. The van der Waals surface area contributed by atoms with E-state index in [-0.39, 0.29) is 17.4 Å². The van der Waals surface area contributed by atoms with Gasteiger partial charge >= 0.3 is 0 Å². The quantitative estimate of drug-likeness (QED) is 0.406. The van der Waals surface area contributed by atoms with E-state index in [9.17, 15) is 14.7 Å². The Labute approximate surface area is 199 Å². The van der Waals surface area contributed by atoms with Crippen molar-refractivity contribution >= 4 is 23.1 Å². The van der Waals surface area contributed by atoms with Gasteiger partial charge in [-0.2, -0.15) is 0 Å². The average Bonchev–Trinajstić information content (AvgIpc) is 3.46. The van der Waals surface area contributed by atoms with Gasteiger partial charge in [0, 0.05) is 18.7 Å². The Kier molecular flexibility index (Phi) is 5.94. The van der Waals surface area contributed by atoms with E-state index in [0.29, 0.717) is 24.5 Å². The van der Waals surface area contributed by atoms with E-state index in [2.05, 4.69) is 4.90 Å². The van der Waals surface area contributed by atoms with Crippen LogP contribution in [0.25, 0.3) is 5.76 Å². The summed E-state index contributed by atoms with van der Waals surface area (Å²) in [5.74, 6) is 0.0619. The molecule has 7 heteroatoms. The monoisotopic (exact) mass is 462 g/mol. The highest BCUT2D eigenvalue weighted by atomic mass is 16.5. The topological polar surface area (TPSA) is 79.3 Å². The summed E-state index contributed by atoms with van der Waals surface area (Å²) < 4.78 is 11.4. The van der Waals surface area contributed by atoms with Gasteiger partial charge in [-0.3, -0.25) is 9.59 Å². The molecule has 1 atom stereocenters. The lowest BCUT2D eigenvalue weighted by Crippen LogP contribution is -2.37. The van der Waals surface area contributed by atoms with Crippen LogP contribution in [0.4, 0.5) is 5.69 Å². The summed E-state index contributed by atoms with van der Waals surface area (Å²) in [6.07, 6.45) is 3.76. The van der Waals surface area contributed by atoms with Crippen molar-refractivity contribution in [3.05, 3.63) is 59.2 Å². The first-order valence-corrected chi connectivity index (χ1v) is 12.0. The molecule has 2 fully saturated rings. The summed E-state index contributed by atoms with van der Waals surface area (Å²) in [5, 5.41) is 11.5. The fraction of sp³-hybridized carbons (Fsp3) is 0.407. The van der Waals surface area contributed by atoms with Crippen molar-refractivity contribution in [3.63, 3.8) is 0 Å². The molecule has 0 bridgehead atoms. The number of nitrogens with zero attached hydrogens (tertiary/aromatic N) is 2. The fourth-order valence-electron chi connectivity index (χ4n) is 5.33. The van der Waals surface area contributed by atoms with Crippen LogP contribution < -0.4 is 14.4 Å². The van der Waals surface area contributed by atoms with Gasteiger partial charge in [-0.1, -0.05) is 25.0 Å². The summed E-state index contributed by atoms with van der Waals surface area (Å²) in [4.78, 5) is 30.4. The second-order valence-corrected chi connectivity index (χ2v) is 9.10.